The van der Waals surface area contributed by atoms with Crippen molar-refractivity contribution in [3.8, 4) is 0 Å². The number of piperidine rings is 1. The van der Waals surface area contributed by atoms with Gasteiger partial charge in [0.1, 0.15) is 0 Å². The Bertz CT molecular complexity index is 321. The summed E-state index contributed by atoms with van der Waals surface area (Å²) in [5.41, 5.74) is 4.72. The Morgan fingerprint density at radius 3 is 2.53 bits per heavy atom. The molecule has 2 amide bonds. The van der Waals surface area contributed by atoms with Gasteiger partial charge in [0.2, 0.25) is 5.91 Å². The molecule has 0 aromatic carbocycles. The monoisotopic (exact) mass is 268 g/mol. The molecule has 6 heteroatoms. The highest BCUT2D eigenvalue weighted by Gasteiger charge is 2.28. The summed E-state index contributed by atoms with van der Waals surface area (Å²) in [6, 6.07) is 0.690. The van der Waals surface area contributed by atoms with Crippen LogP contribution in [0.4, 0.5) is 0 Å². The van der Waals surface area contributed by atoms with Crippen molar-refractivity contribution >= 4 is 11.8 Å². The lowest BCUT2D eigenvalue weighted by Gasteiger charge is -2.34. The molecular weight excluding hydrogens is 244 g/mol. The maximum Gasteiger partial charge on any atom is 0.252 e. The van der Waals surface area contributed by atoms with Gasteiger partial charge in [-0.1, -0.05) is 0 Å². The molecule has 2 aliphatic heterocycles. The van der Waals surface area contributed by atoms with Crippen LogP contribution in [-0.4, -0.2) is 48.9 Å². The van der Waals surface area contributed by atoms with Crippen molar-refractivity contribution in [2.75, 3.05) is 26.2 Å². The van der Waals surface area contributed by atoms with Crippen molar-refractivity contribution in [3.63, 3.8) is 0 Å². The van der Waals surface area contributed by atoms with E-state index in [0.29, 0.717) is 12.6 Å². The second kappa shape index (κ2) is 6.86. The van der Waals surface area contributed by atoms with Gasteiger partial charge in [-0.3, -0.25) is 25.3 Å². The highest BCUT2D eigenvalue weighted by atomic mass is 16.2. The molecule has 19 heavy (non-hydrogen) atoms. The van der Waals surface area contributed by atoms with E-state index in [1.54, 1.807) is 0 Å². The highest BCUT2D eigenvalue weighted by molar-refractivity contribution is 5.81. The highest BCUT2D eigenvalue weighted by Crippen LogP contribution is 2.25. The van der Waals surface area contributed by atoms with Gasteiger partial charge in [-0.25, -0.2) is 0 Å². The number of carbonyl (C=O) groups excluding carboxylic acids is 2. The van der Waals surface area contributed by atoms with E-state index in [1.165, 1.54) is 19.8 Å². The molecule has 2 fully saturated rings. The van der Waals surface area contributed by atoms with Gasteiger partial charge in [-0.2, -0.15) is 0 Å². The van der Waals surface area contributed by atoms with E-state index in [9.17, 15) is 9.59 Å². The van der Waals surface area contributed by atoms with Crippen molar-refractivity contribution in [1.29, 1.82) is 0 Å². The normalized spacial score (nSPS) is 25.2. The van der Waals surface area contributed by atoms with Gasteiger partial charge in [0.05, 0.1) is 6.54 Å². The average molecular weight is 268 g/mol. The van der Waals surface area contributed by atoms with Crippen LogP contribution in [0.2, 0.25) is 0 Å². The molecule has 0 spiro atoms. The number of rotatable bonds is 3. The van der Waals surface area contributed by atoms with Crippen LogP contribution in [0.3, 0.4) is 0 Å². The van der Waals surface area contributed by atoms with Crippen molar-refractivity contribution in [2.45, 2.75) is 38.6 Å². The minimum atomic E-state index is -0.251. The summed E-state index contributed by atoms with van der Waals surface area (Å²) in [6.45, 7) is 4.84. The summed E-state index contributed by atoms with van der Waals surface area (Å²) < 4.78 is 0. The first-order chi connectivity index (χ1) is 9.15. The van der Waals surface area contributed by atoms with Crippen LogP contribution in [0.1, 0.15) is 32.6 Å². The van der Waals surface area contributed by atoms with Crippen LogP contribution < -0.4 is 16.2 Å². The van der Waals surface area contributed by atoms with E-state index in [2.05, 4.69) is 21.1 Å². The van der Waals surface area contributed by atoms with Crippen molar-refractivity contribution in [1.82, 2.24) is 21.1 Å². The number of amides is 2. The number of nitrogens with zero attached hydrogens (tertiary/aromatic N) is 1. The molecule has 0 saturated carbocycles. The lowest BCUT2D eigenvalue weighted by atomic mass is 9.88. The van der Waals surface area contributed by atoms with Gasteiger partial charge in [0.25, 0.3) is 5.91 Å². The van der Waals surface area contributed by atoms with Crippen LogP contribution in [0, 0.1) is 5.92 Å². The standard InChI is InChI=1S/C13H24N4O2/c1-10(18)15-16-13(19)9-17-7-4-11(5-8-17)12-3-2-6-14-12/h11-12,14H,2-9H2,1H3,(H,15,18)(H,16,19). The fraction of sp³-hybridized carbons (Fsp3) is 0.846. The molecule has 108 valence electrons. The molecule has 0 aliphatic carbocycles. The lowest BCUT2D eigenvalue weighted by molar-refractivity contribution is -0.128. The van der Waals surface area contributed by atoms with Crippen LogP contribution in [0.25, 0.3) is 0 Å². The lowest BCUT2D eigenvalue weighted by Crippen LogP contribution is -2.48. The van der Waals surface area contributed by atoms with Crippen LogP contribution in [-0.2, 0) is 9.59 Å². The van der Waals surface area contributed by atoms with Gasteiger partial charge in [-0.15, -0.1) is 0 Å². The number of hydrazine groups is 1. The molecule has 0 aromatic heterocycles. The fourth-order valence-electron chi connectivity index (χ4n) is 3.03. The predicted molar refractivity (Wildman–Crippen MR) is 72.1 cm³/mol. The smallest absolute Gasteiger partial charge is 0.252 e. The molecule has 3 N–H and O–H groups in total. The second-order valence-corrected chi connectivity index (χ2v) is 5.55. The average Bonchev–Trinajstić information content (AvgIpc) is 2.91. The third-order valence-electron chi connectivity index (χ3n) is 4.04. The van der Waals surface area contributed by atoms with Gasteiger partial charge in [-0.05, 0) is 51.2 Å². The Morgan fingerprint density at radius 1 is 1.21 bits per heavy atom. The van der Waals surface area contributed by atoms with Crippen molar-refractivity contribution in [2.24, 2.45) is 5.92 Å². The van der Waals surface area contributed by atoms with Gasteiger partial charge in [0, 0.05) is 13.0 Å². The van der Waals surface area contributed by atoms with Crippen LogP contribution in [0.15, 0.2) is 0 Å². The van der Waals surface area contributed by atoms with Gasteiger partial charge >= 0.3 is 0 Å². The second-order valence-electron chi connectivity index (χ2n) is 5.55. The van der Waals surface area contributed by atoms with E-state index in [1.807, 2.05) is 0 Å². The summed E-state index contributed by atoms with van der Waals surface area (Å²) in [7, 11) is 0. The summed E-state index contributed by atoms with van der Waals surface area (Å²) in [5, 5.41) is 3.57. The predicted octanol–water partition coefficient (Wildman–Crippen LogP) is -0.382. The third kappa shape index (κ3) is 4.47. The molecule has 2 heterocycles. The minimum absolute atomic E-state index is 0.146. The zero-order valence-corrected chi connectivity index (χ0v) is 11.6. The Kier molecular flexibility index (Phi) is 5.15. The number of likely N-dealkylation sites (tertiary alicyclic amines) is 1. The minimum Gasteiger partial charge on any atom is -0.314 e. The molecule has 2 aliphatic rings. The number of hydrogen-bond donors (Lipinski definition) is 3. The first-order valence-electron chi connectivity index (χ1n) is 7.16. The Balaban J connectivity index is 1.65. The third-order valence-corrected chi connectivity index (χ3v) is 4.04. The molecule has 0 aromatic rings. The van der Waals surface area contributed by atoms with Crippen LogP contribution >= 0.6 is 0 Å². The maximum absolute atomic E-state index is 11.6. The number of hydrogen-bond acceptors (Lipinski definition) is 4. The van der Waals surface area contributed by atoms with E-state index in [-0.39, 0.29) is 11.8 Å². The first-order valence-corrected chi connectivity index (χ1v) is 7.16. The Morgan fingerprint density at radius 2 is 1.95 bits per heavy atom. The summed E-state index contributed by atoms with van der Waals surface area (Å²) in [5.74, 6) is 0.365. The van der Waals surface area contributed by atoms with Crippen molar-refractivity contribution < 1.29 is 9.59 Å². The number of carbonyl (C=O) groups is 2. The van der Waals surface area contributed by atoms with E-state index >= 15 is 0 Å². The largest absolute Gasteiger partial charge is 0.314 e. The first kappa shape index (κ1) is 14.3. The zero-order chi connectivity index (χ0) is 13.7. The molecule has 6 nitrogen and oxygen atoms in total. The molecule has 0 radical (unpaired) electrons. The molecule has 0 bridgehead atoms. The number of nitrogens with one attached hydrogen (secondary N) is 3. The molecular formula is C13H24N4O2. The molecule has 1 unspecified atom stereocenters. The molecule has 1 atom stereocenters. The summed E-state index contributed by atoms with van der Waals surface area (Å²) in [4.78, 5) is 24.4. The topological polar surface area (TPSA) is 73.5 Å². The van der Waals surface area contributed by atoms with E-state index < -0.39 is 0 Å². The Labute approximate surface area is 114 Å². The quantitative estimate of drug-likeness (QED) is 0.610. The van der Waals surface area contributed by atoms with Gasteiger partial charge in [0.15, 0.2) is 0 Å². The Hall–Kier alpha value is -1.14. The maximum atomic E-state index is 11.6. The summed E-state index contributed by atoms with van der Waals surface area (Å²) >= 11 is 0. The molecule has 2 saturated heterocycles. The zero-order valence-electron chi connectivity index (χ0n) is 11.6. The van der Waals surface area contributed by atoms with Crippen LogP contribution in [0.5, 0.6) is 0 Å². The molecule has 2 rings (SSSR count). The fourth-order valence-corrected chi connectivity index (χ4v) is 3.03. The SMILES string of the molecule is CC(=O)NNC(=O)CN1CCC(C2CCCN2)CC1. The summed E-state index contributed by atoms with van der Waals surface area (Å²) in [6.07, 6.45) is 4.91. The van der Waals surface area contributed by atoms with Crippen molar-refractivity contribution in [3.05, 3.63) is 0 Å². The van der Waals surface area contributed by atoms with E-state index in [0.717, 1.165) is 38.4 Å². The van der Waals surface area contributed by atoms with E-state index in [4.69, 9.17) is 0 Å². The van der Waals surface area contributed by atoms with Gasteiger partial charge < -0.3 is 5.32 Å².